The predicted octanol–water partition coefficient (Wildman–Crippen LogP) is -1.63. The summed E-state index contributed by atoms with van der Waals surface area (Å²) >= 11 is 1.14. The highest BCUT2D eigenvalue weighted by atomic mass is 32.2. The number of nitrogens with zero attached hydrogens (tertiary/aromatic N) is 1. The Morgan fingerprint density at radius 1 is 1.61 bits per heavy atom. The first-order valence-electron chi connectivity index (χ1n) is 5.48. The second-order valence-corrected chi connectivity index (χ2v) is 4.88. The van der Waals surface area contributed by atoms with E-state index < -0.39 is 29.7 Å². The highest BCUT2D eigenvalue weighted by Crippen LogP contribution is 2.27. The summed E-state index contributed by atoms with van der Waals surface area (Å²) < 4.78 is 8.95. The van der Waals surface area contributed by atoms with E-state index in [2.05, 4.69) is 16.7 Å². The quantitative estimate of drug-likeness (QED) is 0.278. The SMILES string of the molecule is C=[N+]=C(NCC)SC1CC(O)C(O)C(C(=O)O)O1. The van der Waals surface area contributed by atoms with Crippen molar-refractivity contribution in [2.75, 3.05) is 6.54 Å². The van der Waals surface area contributed by atoms with Crippen molar-refractivity contribution in [2.24, 2.45) is 0 Å². The first kappa shape index (κ1) is 15.0. The fourth-order valence-electron chi connectivity index (χ4n) is 1.53. The van der Waals surface area contributed by atoms with E-state index in [4.69, 9.17) is 9.84 Å². The maximum atomic E-state index is 10.9. The Kier molecular flexibility index (Phi) is 5.64. The summed E-state index contributed by atoms with van der Waals surface area (Å²) in [5, 5.41) is 31.4. The number of amidine groups is 1. The highest BCUT2D eigenvalue weighted by molar-refractivity contribution is 8.14. The Hall–Kier alpha value is -1.05. The van der Waals surface area contributed by atoms with Crippen molar-refractivity contribution in [3.05, 3.63) is 0 Å². The Labute approximate surface area is 109 Å². The van der Waals surface area contributed by atoms with Gasteiger partial charge in [-0.1, -0.05) is 0 Å². The van der Waals surface area contributed by atoms with Gasteiger partial charge in [0.1, 0.15) is 11.5 Å². The van der Waals surface area contributed by atoms with Gasteiger partial charge in [0.2, 0.25) is 0 Å². The van der Waals surface area contributed by atoms with E-state index in [-0.39, 0.29) is 6.42 Å². The lowest BCUT2D eigenvalue weighted by Crippen LogP contribution is -2.51. The minimum atomic E-state index is -1.43. The highest BCUT2D eigenvalue weighted by Gasteiger charge is 2.42. The maximum absolute atomic E-state index is 10.9. The maximum Gasteiger partial charge on any atom is 0.405 e. The first-order chi connectivity index (χ1) is 8.49. The van der Waals surface area contributed by atoms with Crippen molar-refractivity contribution in [3.8, 4) is 0 Å². The fraction of sp³-hybridized carbons (Fsp3) is 0.700. The molecule has 0 bridgehead atoms. The minimum absolute atomic E-state index is 0.125. The molecule has 1 saturated heterocycles. The summed E-state index contributed by atoms with van der Waals surface area (Å²) in [5.74, 6) is -1.30. The Bertz CT molecular complexity index is 358. The van der Waals surface area contributed by atoms with Gasteiger partial charge in [0, 0.05) is 18.2 Å². The number of aliphatic hydroxyl groups excluding tert-OH is 2. The second-order valence-electron chi connectivity index (χ2n) is 3.73. The number of carboxylic acid groups (broad SMARTS) is 1. The molecule has 4 atom stereocenters. The molecule has 0 aromatic rings. The summed E-state index contributed by atoms with van der Waals surface area (Å²) in [6, 6.07) is 0. The molecule has 0 aromatic carbocycles. The zero-order valence-electron chi connectivity index (χ0n) is 9.94. The Morgan fingerprint density at radius 2 is 2.28 bits per heavy atom. The van der Waals surface area contributed by atoms with Crippen LogP contribution in [-0.4, -0.2) is 63.5 Å². The molecular formula is C10H17N2O5S+. The van der Waals surface area contributed by atoms with Crippen LogP contribution in [0, 0.1) is 0 Å². The summed E-state index contributed by atoms with van der Waals surface area (Å²) in [4.78, 5) is 10.9. The lowest BCUT2D eigenvalue weighted by atomic mass is 10.0. The van der Waals surface area contributed by atoms with Gasteiger partial charge in [0.05, 0.1) is 12.6 Å². The van der Waals surface area contributed by atoms with Crippen LogP contribution >= 0.6 is 11.8 Å². The van der Waals surface area contributed by atoms with Crippen LogP contribution in [0.2, 0.25) is 0 Å². The molecule has 8 heteroatoms. The number of aliphatic hydroxyl groups is 2. The van der Waals surface area contributed by atoms with E-state index in [1.807, 2.05) is 6.92 Å². The van der Waals surface area contributed by atoms with Crippen LogP contribution in [0.15, 0.2) is 0 Å². The Morgan fingerprint density at radius 3 is 2.78 bits per heavy atom. The van der Waals surface area contributed by atoms with Gasteiger partial charge in [-0.2, -0.15) is 0 Å². The molecule has 1 rings (SSSR count). The molecule has 18 heavy (non-hydrogen) atoms. The molecule has 1 aliphatic heterocycles. The van der Waals surface area contributed by atoms with E-state index in [0.29, 0.717) is 11.7 Å². The molecule has 1 fully saturated rings. The van der Waals surface area contributed by atoms with Crippen LogP contribution in [0.25, 0.3) is 0 Å². The van der Waals surface area contributed by atoms with Gasteiger partial charge in [0.15, 0.2) is 12.8 Å². The van der Waals surface area contributed by atoms with Crippen molar-refractivity contribution in [1.29, 1.82) is 0 Å². The molecule has 102 valence electrons. The smallest absolute Gasteiger partial charge is 0.405 e. The van der Waals surface area contributed by atoms with Crippen LogP contribution < -0.4 is 9.98 Å². The van der Waals surface area contributed by atoms with E-state index in [0.717, 1.165) is 11.8 Å². The third kappa shape index (κ3) is 3.72. The van der Waals surface area contributed by atoms with Crippen molar-refractivity contribution in [1.82, 2.24) is 9.98 Å². The van der Waals surface area contributed by atoms with Crippen LogP contribution in [-0.2, 0) is 9.53 Å². The van der Waals surface area contributed by atoms with Gasteiger partial charge in [-0.15, -0.1) is 0 Å². The monoisotopic (exact) mass is 277 g/mol. The average Bonchev–Trinajstić information content (AvgIpc) is 2.32. The number of hydrogen-bond donors (Lipinski definition) is 4. The van der Waals surface area contributed by atoms with E-state index >= 15 is 0 Å². The van der Waals surface area contributed by atoms with E-state index in [9.17, 15) is 15.0 Å². The second kappa shape index (κ2) is 6.77. The van der Waals surface area contributed by atoms with Gasteiger partial charge in [-0.25, -0.2) is 9.46 Å². The minimum Gasteiger partial charge on any atom is -0.479 e. The predicted molar refractivity (Wildman–Crippen MR) is 68.5 cm³/mol. The molecule has 1 heterocycles. The summed E-state index contributed by atoms with van der Waals surface area (Å²) in [6.45, 7) is 5.90. The number of carboxylic acids is 1. The van der Waals surface area contributed by atoms with E-state index in [1.165, 1.54) is 0 Å². The molecular weight excluding hydrogens is 260 g/mol. The van der Waals surface area contributed by atoms with Crippen LogP contribution in [0.3, 0.4) is 0 Å². The van der Waals surface area contributed by atoms with Crippen molar-refractivity contribution in [2.45, 2.75) is 37.1 Å². The summed E-state index contributed by atoms with van der Waals surface area (Å²) in [5.41, 5.74) is -0.593. The summed E-state index contributed by atoms with van der Waals surface area (Å²) in [7, 11) is 0. The normalized spacial score (nSPS) is 31.5. The van der Waals surface area contributed by atoms with Gasteiger partial charge in [-0.3, -0.25) is 5.32 Å². The van der Waals surface area contributed by atoms with Crippen molar-refractivity contribution < 1.29 is 24.9 Å². The van der Waals surface area contributed by atoms with Crippen LogP contribution in [0.5, 0.6) is 0 Å². The third-order valence-electron chi connectivity index (χ3n) is 2.39. The van der Waals surface area contributed by atoms with Crippen LogP contribution in [0.4, 0.5) is 0 Å². The number of nitrogens with one attached hydrogen (secondary N) is 1. The zero-order valence-corrected chi connectivity index (χ0v) is 10.8. The fourth-order valence-corrected chi connectivity index (χ4v) is 2.55. The van der Waals surface area contributed by atoms with Crippen molar-refractivity contribution >= 4 is 29.6 Å². The topological polar surface area (TPSA) is 113 Å². The molecule has 4 N–H and O–H groups in total. The number of ether oxygens (including phenoxy) is 1. The lowest BCUT2D eigenvalue weighted by Gasteiger charge is -2.33. The molecule has 0 saturated carbocycles. The average molecular weight is 277 g/mol. The molecule has 7 nitrogen and oxygen atoms in total. The molecule has 4 unspecified atom stereocenters. The molecule has 0 amide bonds. The largest absolute Gasteiger partial charge is 0.479 e. The molecule has 1 aliphatic rings. The molecule has 0 aromatic heterocycles. The molecule has 0 radical (unpaired) electrons. The third-order valence-corrected chi connectivity index (χ3v) is 3.46. The number of aliphatic carboxylic acids is 1. The number of hydrogen-bond acceptors (Lipinski definition) is 5. The molecule has 0 aliphatic carbocycles. The summed E-state index contributed by atoms with van der Waals surface area (Å²) in [6.07, 6.45) is -3.86. The van der Waals surface area contributed by atoms with Gasteiger partial charge in [-0.05, 0) is 6.92 Å². The standard InChI is InChI=1S/C10H16N2O5S/c1-3-12-10(11-2)18-6-4-5(13)7(14)8(17-6)9(15)16/h5-8,13-14H,2-4H2,1H3,(H,15,16)/p+1. The number of carbonyl (C=O) groups is 1. The van der Waals surface area contributed by atoms with Gasteiger partial charge in [0.25, 0.3) is 0 Å². The zero-order chi connectivity index (χ0) is 13.7. The van der Waals surface area contributed by atoms with Crippen LogP contribution in [0.1, 0.15) is 13.3 Å². The molecule has 0 spiro atoms. The lowest BCUT2D eigenvalue weighted by molar-refractivity contribution is -0.181. The Balaban J connectivity index is 2.68. The number of rotatable bonds is 3. The van der Waals surface area contributed by atoms with Gasteiger partial charge < -0.3 is 20.1 Å². The van der Waals surface area contributed by atoms with Gasteiger partial charge >= 0.3 is 11.1 Å². The van der Waals surface area contributed by atoms with E-state index in [1.54, 1.807) is 0 Å². The van der Waals surface area contributed by atoms with Crippen molar-refractivity contribution in [3.63, 3.8) is 0 Å². The first-order valence-corrected chi connectivity index (χ1v) is 6.36. The number of thioether (sulfide) groups is 1.